The molecule has 1 saturated carbocycles. The highest BCUT2D eigenvalue weighted by atomic mass is 16.1. The van der Waals surface area contributed by atoms with Gasteiger partial charge >= 0.3 is 0 Å². The Balaban J connectivity index is 1.60. The van der Waals surface area contributed by atoms with Crippen molar-refractivity contribution >= 4 is 5.91 Å². The highest BCUT2D eigenvalue weighted by molar-refractivity contribution is 5.92. The van der Waals surface area contributed by atoms with Crippen LogP contribution in [0.2, 0.25) is 0 Å². The van der Waals surface area contributed by atoms with Gasteiger partial charge in [-0.3, -0.25) is 4.79 Å². The van der Waals surface area contributed by atoms with E-state index < -0.39 is 0 Å². The van der Waals surface area contributed by atoms with Crippen LogP contribution in [-0.2, 0) is 0 Å². The molecule has 1 aromatic heterocycles. The molecule has 3 rings (SSSR count). The van der Waals surface area contributed by atoms with Crippen molar-refractivity contribution in [3.63, 3.8) is 0 Å². The smallest absolute Gasteiger partial charge is 0.267 e. The lowest BCUT2D eigenvalue weighted by atomic mass is 9.83. The van der Waals surface area contributed by atoms with Crippen LogP contribution >= 0.6 is 0 Å². The van der Waals surface area contributed by atoms with E-state index in [1.807, 2.05) is 18.3 Å². The molecule has 2 aliphatic rings. The van der Waals surface area contributed by atoms with Gasteiger partial charge in [-0.15, -0.1) is 0 Å². The summed E-state index contributed by atoms with van der Waals surface area (Å²) in [5.41, 5.74) is 1.02. The molecule has 1 aromatic rings. The van der Waals surface area contributed by atoms with Gasteiger partial charge in [0, 0.05) is 25.3 Å². The van der Waals surface area contributed by atoms with Crippen LogP contribution in [0.3, 0.4) is 0 Å². The third-order valence-corrected chi connectivity index (χ3v) is 4.84. The van der Waals surface area contributed by atoms with Crippen LogP contribution in [0.4, 0.5) is 0 Å². The Morgan fingerprint density at radius 3 is 3.00 bits per heavy atom. The van der Waals surface area contributed by atoms with E-state index in [4.69, 9.17) is 0 Å². The topological polar surface area (TPSA) is 46.1 Å². The Morgan fingerprint density at radius 1 is 1.50 bits per heavy atom. The maximum atomic E-state index is 12.4. The minimum atomic E-state index is 0.0775. The predicted octanol–water partition coefficient (Wildman–Crippen LogP) is 2.33. The summed E-state index contributed by atoms with van der Waals surface area (Å²) in [5, 5.41) is 6.56. The van der Waals surface area contributed by atoms with Crippen molar-refractivity contribution in [1.82, 2.24) is 15.2 Å². The molecule has 0 aromatic carbocycles. The van der Waals surface area contributed by atoms with E-state index in [-0.39, 0.29) is 11.3 Å². The van der Waals surface area contributed by atoms with Gasteiger partial charge < -0.3 is 15.2 Å². The summed E-state index contributed by atoms with van der Waals surface area (Å²) >= 11 is 0. The van der Waals surface area contributed by atoms with Crippen LogP contribution in [0.1, 0.15) is 55.6 Å². The summed E-state index contributed by atoms with van der Waals surface area (Å²) < 4.78 is 2.15. The van der Waals surface area contributed by atoms with Crippen molar-refractivity contribution in [2.45, 2.75) is 45.1 Å². The molecule has 1 atom stereocenters. The van der Waals surface area contributed by atoms with Crippen molar-refractivity contribution < 1.29 is 4.79 Å². The largest absolute Gasteiger partial charge is 0.350 e. The second-order valence-electron chi connectivity index (χ2n) is 6.66. The molecule has 0 bridgehead atoms. The monoisotopic (exact) mass is 275 g/mol. The number of hydrogen-bond acceptors (Lipinski definition) is 2. The van der Waals surface area contributed by atoms with E-state index >= 15 is 0 Å². The minimum absolute atomic E-state index is 0.0775. The van der Waals surface area contributed by atoms with Crippen molar-refractivity contribution in [3.8, 4) is 0 Å². The molecule has 1 aliphatic heterocycles. The summed E-state index contributed by atoms with van der Waals surface area (Å²) in [7, 11) is 0. The van der Waals surface area contributed by atoms with Crippen molar-refractivity contribution in [2.75, 3.05) is 19.6 Å². The van der Waals surface area contributed by atoms with Crippen LogP contribution in [-0.4, -0.2) is 30.1 Å². The summed E-state index contributed by atoms with van der Waals surface area (Å²) in [5.74, 6) is 0.0775. The zero-order valence-electron chi connectivity index (χ0n) is 12.3. The first kappa shape index (κ1) is 13.7. The third kappa shape index (κ3) is 2.75. The zero-order chi connectivity index (χ0) is 14.0. The number of rotatable bonds is 4. The second-order valence-corrected chi connectivity index (χ2v) is 6.66. The molecule has 0 radical (unpaired) electrons. The molecule has 1 amide bonds. The number of carbonyl (C=O) groups is 1. The highest BCUT2D eigenvalue weighted by Crippen LogP contribution is 2.32. The van der Waals surface area contributed by atoms with Gasteiger partial charge in [0.25, 0.3) is 5.91 Å². The van der Waals surface area contributed by atoms with Gasteiger partial charge in [-0.1, -0.05) is 6.92 Å². The number of aromatic nitrogens is 1. The molecule has 1 saturated heterocycles. The Bertz CT molecular complexity index is 470. The molecule has 0 spiro atoms. The Kier molecular flexibility index (Phi) is 3.83. The number of nitrogens with zero attached hydrogens (tertiary/aromatic N) is 1. The fourth-order valence-corrected chi connectivity index (χ4v) is 3.22. The molecule has 2 fully saturated rings. The molecule has 4 heteroatoms. The minimum Gasteiger partial charge on any atom is -0.350 e. The number of piperidine rings is 1. The fourth-order valence-electron chi connectivity index (χ4n) is 3.22. The first-order chi connectivity index (χ1) is 9.68. The summed E-state index contributed by atoms with van der Waals surface area (Å²) in [6, 6.07) is 4.46. The van der Waals surface area contributed by atoms with Gasteiger partial charge in [0.05, 0.1) is 0 Å². The summed E-state index contributed by atoms with van der Waals surface area (Å²) in [6.45, 7) is 5.12. The second kappa shape index (κ2) is 5.60. The van der Waals surface area contributed by atoms with Gasteiger partial charge in [0.15, 0.2) is 0 Å². The van der Waals surface area contributed by atoms with Crippen molar-refractivity contribution in [3.05, 3.63) is 24.0 Å². The van der Waals surface area contributed by atoms with Crippen molar-refractivity contribution in [1.29, 1.82) is 0 Å². The first-order valence-corrected chi connectivity index (χ1v) is 7.84. The maximum Gasteiger partial charge on any atom is 0.267 e. The molecule has 4 nitrogen and oxygen atoms in total. The highest BCUT2D eigenvalue weighted by Gasteiger charge is 2.28. The number of amides is 1. The van der Waals surface area contributed by atoms with E-state index in [9.17, 15) is 4.79 Å². The zero-order valence-corrected chi connectivity index (χ0v) is 12.3. The molecule has 1 unspecified atom stereocenters. The van der Waals surface area contributed by atoms with Crippen LogP contribution in [0.25, 0.3) is 0 Å². The van der Waals surface area contributed by atoms with E-state index in [1.165, 1.54) is 32.1 Å². The molecule has 20 heavy (non-hydrogen) atoms. The molecular weight excluding hydrogens is 250 g/mol. The number of carbonyl (C=O) groups excluding carboxylic acids is 1. The molecule has 2 N–H and O–H groups in total. The lowest BCUT2D eigenvalue weighted by Gasteiger charge is -2.34. The van der Waals surface area contributed by atoms with Gasteiger partial charge in [0.1, 0.15) is 5.69 Å². The molecule has 110 valence electrons. The number of nitrogens with one attached hydrogen (secondary N) is 2. The van der Waals surface area contributed by atoms with Gasteiger partial charge in [0.2, 0.25) is 0 Å². The molecule has 1 aliphatic carbocycles. The lowest BCUT2D eigenvalue weighted by Crippen LogP contribution is -2.46. The van der Waals surface area contributed by atoms with E-state index in [0.717, 1.165) is 25.3 Å². The Hall–Kier alpha value is -1.29. The van der Waals surface area contributed by atoms with Crippen LogP contribution in [0.5, 0.6) is 0 Å². The van der Waals surface area contributed by atoms with Gasteiger partial charge in [-0.2, -0.15) is 0 Å². The third-order valence-electron chi connectivity index (χ3n) is 4.84. The van der Waals surface area contributed by atoms with Gasteiger partial charge in [-0.05, 0) is 56.2 Å². The van der Waals surface area contributed by atoms with Gasteiger partial charge in [-0.25, -0.2) is 0 Å². The van der Waals surface area contributed by atoms with E-state index in [0.29, 0.717) is 6.04 Å². The van der Waals surface area contributed by atoms with Crippen LogP contribution in [0.15, 0.2) is 18.3 Å². The molecule has 2 heterocycles. The SMILES string of the molecule is CC1(CNC(=O)c2cccn2C2CCC2)CCCNC1. The average molecular weight is 275 g/mol. The summed E-state index contributed by atoms with van der Waals surface area (Å²) in [6.07, 6.45) is 8.12. The normalized spacial score (nSPS) is 27.1. The number of hydrogen-bond donors (Lipinski definition) is 2. The predicted molar refractivity (Wildman–Crippen MR) is 79.9 cm³/mol. The first-order valence-electron chi connectivity index (χ1n) is 7.84. The average Bonchev–Trinajstić information content (AvgIpc) is 2.84. The fraction of sp³-hybridized carbons (Fsp3) is 0.688. The Morgan fingerprint density at radius 2 is 2.35 bits per heavy atom. The summed E-state index contributed by atoms with van der Waals surface area (Å²) in [4.78, 5) is 12.4. The van der Waals surface area contributed by atoms with Crippen LogP contribution < -0.4 is 10.6 Å². The molecular formula is C16H25N3O. The van der Waals surface area contributed by atoms with Crippen molar-refractivity contribution in [2.24, 2.45) is 5.41 Å². The quantitative estimate of drug-likeness (QED) is 0.886. The lowest BCUT2D eigenvalue weighted by molar-refractivity contribution is 0.0909. The standard InChI is InChI=1S/C16H25N3O/c1-16(8-4-9-17-11-16)12-18-15(20)14-7-3-10-19(14)13-5-2-6-13/h3,7,10,13,17H,2,4-6,8-9,11-12H2,1H3,(H,18,20). The van der Waals surface area contributed by atoms with E-state index in [1.54, 1.807) is 0 Å². The van der Waals surface area contributed by atoms with E-state index in [2.05, 4.69) is 22.1 Å². The Labute approximate surface area is 120 Å². The van der Waals surface area contributed by atoms with Crippen LogP contribution in [0, 0.1) is 5.41 Å². The maximum absolute atomic E-state index is 12.4.